The second-order valence-electron chi connectivity index (χ2n) is 4.59. The molecule has 104 valence electrons. The third-order valence-electron chi connectivity index (χ3n) is 2.94. The van der Waals surface area contributed by atoms with E-state index in [0.29, 0.717) is 11.3 Å². The maximum absolute atomic E-state index is 12.0. The van der Waals surface area contributed by atoms with Gasteiger partial charge in [0.15, 0.2) is 0 Å². The van der Waals surface area contributed by atoms with Crippen molar-refractivity contribution in [2.24, 2.45) is 0 Å². The van der Waals surface area contributed by atoms with Crippen LogP contribution in [0, 0.1) is 6.92 Å². The van der Waals surface area contributed by atoms with Crippen molar-refractivity contribution < 1.29 is 15.0 Å². The van der Waals surface area contributed by atoms with Crippen molar-refractivity contribution in [2.75, 3.05) is 5.73 Å². The summed E-state index contributed by atoms with van der Waals surface area (Å²) in [6.07, 6.45) is 0. The van der Waals surface area contributed by atoms with Crippen LogP contribution < -0.4 is 11.1 Å². The van der Waals surface area contributed by atoms with Gasteiger partial charge in [-0.25, -0.2) is 0 Å². The molecule has 5 nitrogen and oxygen atoms in total. The van der Waals surface area contributed by atoms with Crippen LogP contribution in [-0.4, -0.2) is 16.1 Å². The van der Waals surface area contributed by atoms with E-state index < -0.39 is 5.91 Å². The Morgan fingerprint density at radius 2 is 1.90 bits per heavy atom. The van der Waals surface area contributed by atoms with E-state index in [1.807, 2.05) is 6.92 Å². The minimum absolute atomic E-state index is 0.0626. The van der Waals surface area contributed by atoms with Gasteiger partial charge >= 0.3 is 0 Å². The molecule has 0 saturated heterocycles. The molecule has 0 fully saturated rings. The molecule has 2 aromatic carbocycles. The van der Waals surface area contributed by atoms with Crippen LogP contribution in [0.4, 0.5) is 5.69 Å². The Balaban J connectivity index is 2.10. The zero-order valence-electron chi connectivity index (χ0n) is 11.1. The molecule has 0 bridgehead atoms. The van der Waals surface area contributed by atoms with Crippen LogP contribution in [0.25, 0.3) is 0 Å². The number of phenols is 2. The highest BCUT2D eigenvalue weighted by atomic mass is 16.3. The summed E-state index contributed by atoms with van der Waals surface area (Å²) in [5.41, 5.74) is 7.71. The molecule has 0 aliphatic carbocycles. The summed E-state index contributed by atoms with van der Waals surface area (Å²) in [5, 5.41) is 22.0. The van der Waals surface area contributed by atoms with Crippen molar-refractivity contribution in [2.45, 2.75) is 13.5 Å². The molecule has 5 heteroatoms. The highest BCUT2D eigenvalue weighted by Crippen LogP contribution is 2.21. The second-order valence-corrected chi connectivity index (χ2v) is 4.59. The first-order valence-electron chi connectivity index (χ1n) is 6.12. The first-order chi connectivity index (χ1) is 9.47. The number of anilines is 1. The Bertz CT molecular complexity index is 654. The molecule has 5 N–H and O–H groups in total. The predicted molar refractivity (Wildman–Crippen MR) is 76.5 cm³/mol. The van der Waals surface area contributed by atoms with Crippen LogP contribution in [0.15, 0.2) is 36.4 Å². The fourth-order valence-electron chi connectivity index (χ4n) is 1.85. The molecule has 0 radical (unpaired) electrons. The van der Waals surface area contributed by atoms with Gasteiger partial charge in [-0.15, -0.1) is 0 Å². The van der Waals surface area contributed by atoms with Crippen LogP contribution in [0.3, 0.4) is 0 Å². The van der Waals surface area contributed by atoms with Crippen LogP contribution in [-0.2, 0) is 6.54 Å². The molecule has 0 aliphatic rings. The lowest BCUT2D eigenvalue weighted by Crippen LogP contribution is -2.23. The Labute approximate surface area is 116 Å². The van der Waals surface area contributed by atoms with Gasteiger partial charge in [-0.05, 0) is 42.8 Å². The van der Waals surface area contributed by atoms with E-state index in [9.17, 15) is 15.0 Å². The molecule has 0 saturated carbocycles. The number of rotatable bonds is 3. The third kappa shape index (κ3) is 3.00. The highest BCUT2D eigenvalue weighted by molar-refractivity contribution is 5.96. The molecular weight excluding hydrogens is 256 g/mol. The topological polar surface area (TPSA) is 95.6 Å². The quantitative estimate of drug-likeness (QED) is 0.507. The van der Waals surface area contributed by atoms with E-state index in [2.05, 4.69) is 5.32 Å². The number of carbonyl (C=O) groups is 1. The molecule has 20 heavy (non-hydrogen) atoms. The van der Waals surface area contributed by atoms with Crippen molar-refractivity contribution in [3.05, 3.63) is 53.1 Å². The summed E-state index contributed by atoms with van der Waals surface area (Å²) >= 11 is 0. The van der Waals surface area contributed by atoms with Gasteiger partial charge in [-0.1, -0.05) is 6.07 Å². The number of aromatic hydroxyl groups is 2. The van der Waals surface area contributed by atoms with Gasteiger partial charge in [0, 0.05) is 17.8 Å². The minimum Gasteiger partial charge on any atom is -0.508 e. The Hall–Kier alpha value is -2.69. The summed E-state index contributed by atoms with van der Waals surface area (Å²) < 4.78 is 0. The van der Waals surface area contributed by atoms with E-state index in [1.165, 1.54) is 12.1 Å². The van der Waals surface area contributed by atoms with Crippen LogP contribution in [0.2, 0.25) is 0 Å². The first kappa shape index (κ1) is 13.7. The van der Waals surface area contributed by atoms with Gasteiger partial charge in [-0.2, -0.15) is 0 Å². The Kier molecular flexibility index (Phi) is 3.79. The van der Waals surface area contributed by atoms with E-state index in [0.717, 1.165) is 5.56 Å². The van der Waals surface area contributed by atoms with Gasteiger partial charge in [-0.3, -0.25) is 4.79 Å². The summed E-state index contributed by atoms with van der Waals surface area (Å²) in [6.45, 7) is 1.95. The number of amides is 1. The molecule has 0 spiro atoms. The maximum Gasteiger partial charge on any atom is 0.255 e. The molecule has 0 unspecified atom stereocenters. The number of nitrogen functional groups attached to an aromatic ring is 1. The first-order valence-corrected chi connectivity index (χ1v) is 6.12. The second kappa shape index (κ2) is 5.52. The lowest BCUT2D eigenvalue weighted by molar-refractivity contribution is 0.0948. The lowest BCUT2D eigenvalue weighted by Gasteiger charge is -2.09. The summed E-state index contributed by atoms with van der Waals surface area (Å²) in [5.74, 6) is -0.420. The fraction of sp³-hybridized carbons (Fsp3) is 0.133. The Morgan fingerprint density at radius 1 is 1.15 bits per heavy atom. The van der Waals surface area contributed by atoms with Gasteiger partial charge in [0.25, 0.3) is 5.91 Å². The predicted octanol–water partition coefficient (Wildman–Crippen LogP) is 1.92. The molecular formula is C15H16N2O3. The normalized spacial score (nSPS) is 10.2. The molecule has 0 atom stereocenters. The van der Waals surface area contributed by atoms with Gasteiger partial charge in [0.2, 0.25) is 0 Å². The van der Waals surface area contributed by atoms with Crippen LogP contribution in [0.1, 0.15) is 21.5 Å². The monoisotopic (exact) mass is 272 g/mol. The van der Waals surface area contributed by atoms with E-state index in [4.69, 9.17) is 5.73 Å². The molecule has 2 aromatic rings. The van der Waals surface area contributed by atoms with Crippen molar-refractivity contribution in [1.29, 1.82) is 0 Å². The van der Waals surface area contributed by atoms with Crippen molar-refractivity contribution >= 4 is 11.6 Å². The zero-order valence-corrected chi connectivity index (χ0v) is 11.1. The summed E-state index contributed by atoms with van der Waals surface area (Å²) in [6, 6.07) is 9.45. The van der Waals surface area contributed by atoms with Gasteiger partial charge in [0.1, 0.15) is 11.5 Å². The SMILES string of the molecule is Cc1ccc(C(=O)NCc2cc(N)ccc2O)c(O)c1. The number of nitrogens with one attached hydrogen (secondary N) is 1. The van der Waals surface area contributed by atoms with Crippen LogP contribution in [0.5, 0.6) is 11.5 Å². The Morgan fingerprint density at radius 3 is 2.60 bits per heavy atom. The number of aryl methyl sites for hydroxylation is 1. The number of benzene rings is 2. The van der Waals surface area contributed by atoms with Crippen molar-refractivity contribution in [3.8, 4) is 11.5 Å². The maximum atomic E-state index is 12.0. The fourth-order valence-corrected chi connectivity index (χ4v) is 1.85. The zero-order chi connectivity index (χ0) is 14.7. The van der Waals surface area contributed by atoms with Gasteiger partial charge < -0.3 is 21.3 Å². The molecule has 0 aromatic heterocycles. The molecule has 0 heterocycles. The molecule has 1 amide bonds. The molecule has 0 aliphatic heterocycles. The number of hydrogen-bond acceptors (Lipinski definition) is 4. The van der Waals surface area contributed by atoms with Gasteiger partial charge in [0.05, 0.1) is 5.56 Å². The third-order valence-corrected chi connectivity index (χ3v) is 2.94. The highest BCUT2D eigenvalue weighted by Gasteiger charge is 2.11. The number of nitrogens with two attached hydrogens (primary N) is 1. The number of phenolic OH excluding ortho intramolecular Hbond substituents is 2. The largest absolute Gasteiger partial charge is 0.508 e. The minimum atomic E-state index is -0.413. The molecule has 2 rings (SSSR count). The number of hydrogen-bond donors (Lipinski definition) is 4. The van der Waals surface area contributed by atoms with E-state index in [1.54, 1.807) is 24.3 Å². The standard InChI is InChI=1S/C15H16N2O3/c1-9-2-4-12(14(19)6-9)15(20)17-8-10-7-11(16)3-5-13(10)18/h2-7,18-19H,8,16H2,1H3,(H,17,20). The van der Waals surface area contributed by atoms with E-state index >= 15 is 0 Å². The summed E-state index contributed by atoms with van der Waals surface area (Å²) in [7, 11) is 0. The van der Waals surface area contributed by atoms with Crippen LogP contribution >= 0.6 is 0 Å². The average molecular weight is 272 g/mol. The van der Waals surface area contributed by atoms with Crippen molar-refractivity contribution in [3.63, 3.8) is 0 Å². The lowest BCUT2D eigenvalue weighted by atomic mass is 10.1. The number of carbonyl (C=O) groups excluding carboxylic acids is 1. The van der Waals surface area contributed by atoms with Crippen molar-refractivity contribution in [1.82, 2.24) is 5.32 Å². The summed E-state index contributed by atoms with van der Waals surface area (Å²) in [4.78, 5) is 12.0. The smallest absolute Gasteiger partial charge is 0.255 e. The van der Waals surface area contributed by atoms with E-state index in [-0.39, 0.29) is 23.6 Å². The average Bonchev–Trinajstić information content (AvgIpc) is 2.39.